The van der Waals surface area contributed by atoms with E-state index in [1.807, 2.05) is 7.05 Å². The maximum absolute atomic E-state index is 5.54. The van der Waals surface area contributed by atoms with Gasteiger partial charge in [0.05, 0.1) is 25.5 Å². The van der Waals surface area contributed by atoms with Gasteiger partial charge in [0.1, 0.15) is 5.01 Å². The van der Waals surface area contributed by atoms with Crippen LogP contribution in [0.3, 0.4) is 0 Å². The van der Waals surface area contributed by atoms with Gasteiger partial charge in [-0.05, 0) is 26.0 Å². The number of rotatable bonds is 5. The molecule has 2 aliphatic heterocycles. The summed E-state index contributed by atoms with van der Waals surface area (Å²) in [6, 6.07) is 0. The number of aromatic nitrogens is 1. The Hall–Kier alpha value is -0.830. The second kappa shape index (κ2) is 8.70. The fraction of sp³-hybridized carbons (Fsp3) is 0.765. The lowest BCUT2D eigenvalue weighted by Gasteiger charge is -2.43. The van der Waals surface area contributed by atoms with Crippen molar-refractivity contribution in [2.45, 2.75) is 32.4 Å². The van der Waals surface area contributed by atoms with E-state index in [0.29, 0.717) is 0 Å². The van der Waals surface area contributed by atoms with Gasteiger partial charge < -0.3 is 15.4 Å². The minimum absolute atomic E-state index is 0.223. The van der Waals surface area contributed by atoms with E-state index >= 15 is 0 Å². The third kappa shape index (κ3) is 4.67. The van der Waals surface area contributed by atoms with Crippen LogP contribution in [0.1, 0.15) is 22.0 Å². The molecular formula is C17H29N5OS2. The molecule has 8 heteroatoms. The van der Waals surface area contributed by atoms with Crippen molar-refractivity contribution in [1.29, 1.82) is 0 Å². The maximum Gasteiger partial charge on any atom is 0.191 e. The molecule has 1 unspecified atom stereocenters. The van der Waals surface area contributed by atoms with Crippen LogP contribution in [0, 0.1) is 13.8 Å². The number of ether oxygens (including phenoxy) is 1. The van der Waals surface area contributed by atoms with Crippen molar-refractivity contribution in [2.75, 3.05) is 51.4 Å². The molecule has 0 spiro atoms. The molecule has 2 N–H and O–H groups in total. The average Bonchev–Trinajstić information content (AvgIpc) is 3.24. The van der Waals surface area contributed by atoms with Crippen molar-refractivity contribution in [3.05, 3.63) is 15.6 Å². The number of aliphatic imine (C=N–C) groups is 1. The van der Waals surface area contributed by atoms with E-state index in [0.717, 1.165) is 56.1 Å². The fourth-order valence-electron chi connectivity index (χ4n) is 3.38. The normalized spacial score (nSPS) is 25.3. The van der Waals surface area contributed by atoms with E-state index in [1.165, 1.54) is 22.8 Å². The first kappa shape index (κ1) is 18.9. The highest BCUT2D eigenvalue weighted by molar-refractivity contribution is 7.99. The van der Waals surface area contributed by atoms with Crippen molar-refractivity contribution in [3.8, 4) is 0 Å². The zero-order valence-electron chi connectivity index (χ0n) is 15.4. The second-order valence-electron chi connectivity index (χ2n) is 6.65. The summed E-state index contributed by atoms with van der Waals surface area (Å²) in [7, 11) is 1.83. The molecule has 2 saturated heterocycles. The summed E-state index contributed by atoms with van der Waals surface area (Å²) in [5, 5.41) is 8.08. The molecule has 25 heavy (non-hydrogen) atoms. The van der Waals surface area contributed by atoms with Crippen LogP contribution < -0.4 is 10.6 Å². The van der Waals surface area contributed by atoms with Crippen molar-refractivity contribution in [3.63, 3.8) is 0 Å². The van der Waals surface area contributed by atoms with Gasteiger partial charge in [0.15, 0.2) is 5.96 Å². The molecular weight excluding hydrogens is 354 g/mol. The Kier molecular flexibility index (Phi) is 6.60. The lowest BCUT2D eigenvalue weighted by atomic mass is 9.95. The predicted molar refractivity (Wildman–Crippen MR) is 107 cm³/mol. The third-order valence-corrected chi connectivity index (χ3v) is 7.36. The second-order valence-corrected chi connectivity index (χ2v) is 9.05. The predicted octanol–water partition coefficient (Wildman–Crippen LogP) is 1.63. The van der Waals surface area contributed by atoms with Gasteiger partial charge in [-0.2, -0.15) is 11.8 Å². The molecule has 0 aromatic carbocycles. The lowest BCUT2D eigenvalue weighted by Crippen LogP contribution is -2.60. The number of guanidine groups is 1. The minimum atomic E-state index is 0.223. The summed E-state index contributed by atoms with van der Waals surface area (Å²) in [6.45, 7) is 9.59. The first-order valence-corrected chi connectivity index (χ1v) is 10.9. The van der Waals surface area contributed by atoms with Crippen LogP contribution >= 0.6 is 23.1 Å². The number of morpholine rings is 1. The van der Waals surface area contributed by atoms with Gasteiger partial charge in [-0.3, -0.25) is 9.89 Å². The van der Waals surface area contributed by atoms with E-state index in [9.17, 15) is 0 Å². The molecule has 0 amide bonds. The lowest BCUT2D eigenvalue weighted by molar-refractivity contribution is -0.0120. The summed E-state index contributed by atoms with van der Waals surface area (Å²) >= 11 is 3.81. The van der Waals surface area contributed by atoms with Gasteiger partial charge in [-0.1, -0.05) is 0 Å². The Morgan fingerprint density at radius 3 is 2.72 bits per heavy atom. The number of hydrogen-bond donors (Lipinski definition) is 2. The highest BCUT2D eigenvalue weighted by atomic mass is 32.2. The number of nitrogens with one attached hydrogen (secondary N) is 2. The number of aryl methyl sites for hydroxylation is 2. The first-order chi connectivity index (χ1) is 12.1. The van der Waals surface area contributed by atoms with Crippen LogP contribution in [0.2, 0.25) is 0 Å². The molecule has 0 bridgehead atoms. The Bertz CT molecular complexity index is 572. The standard InChI is InChI=1S/C17H29N5OS2/c1-13-14(2)25-15(21-13)10-19-16(18-3)20-11-17(4-9-24-12-17)22-5-7-23-8-6-22/h4-12H2,1-3H3,(H2,18,19,20). The Labute approximate surface area is 158 Å². The highest BCUT2D eigenvalue weighted by Crippen LogP contribution is 2.33. The Morgan fingerprint density at radius 1 is 1.32 bits per heavy atom. The van der Waals surface area contributed by atoms with Gasteiger partial charge >= 0.3 is 0 Å². The van der Waals surface area contributed by atoms with E-state index in [-0.39, 0.29) is 5.54 Å². The number of hydrogen-bond acceptors (Lipinski definition) is 6. The van der Waals surface area contributed by atoms with Crippen LogP contribution in [0.15, 0.2) is 4.99 Å². The zero-order valence-corrected chi connectivity index (χ0v) is 17.1. The summed E-state index contributed by atoms with van der Waals surface area (Å²) in [5.74, 6) is 3.28. The number of thioether (sulfide) groups is 1. The number of nitrogens with zero attached hydrogens (tertiary/aromatic N) is 3. The molecule has 6 nitrogen and oxygen atoms in total. The van der Waals surface area contributed by atoms with E-state index in [4.69, 9.17) is 4.74 Å². The van der Waals surface area contributed by atoms with Crippen molar-refractivity contribution in [2.24, 2.45) is 4.99 Å². The molecule has 2 aliphatic rings. The van der Waals surface area contributed by atoms with Gasteiger partial charge in [0.2, 0.25) is 0 Å². The van der Waals surface area contributed by atoms with Crippen LogP contribution in [0.5, 0.6) is 0 Å². The van der Waals surface area contributed by atoms with E-state index < -0.39 is 0 Å². The molecule has 140 valence electrons. The smallest absolute Gasteiger partial charge is 0.191 e. The summed E-state index contributed by atoms with van der Waals surface area (Å²) in [6.07, 6.45) is 1.23. The SMILES string of the molecule is CN=C(NCc1nc(C)c(C)s1)NCC1(N2CCOCC2)CCSC1. The van der Waals surface area contributed by atoms with Crippen LogP contribution in [-0.2, 0) is 11.3 Å². The molecule has 0 radical (unpaired) electrons. The van der Waals surface area contributed by atoms with Gasteiger partial charge in [0.25, 0.3) is 0 Å². The van der Waals surface area contributed by atoms with Crippen LogP contribution in [0.25, 0.3) is 0 Å². The molecule has 2 fully saturated rings. The summed E-state index contributed by atoms with van der Waals surface area (Å²) < 4.78 is 5.54. The zero-order chi connectivity index (χ0) is 17.7. The van der Waals surface area contributed by atoms with Crippen LogP contribution in [0.4, 0.5) is 0 Å². The minimum Gasteiger partial charge on any atom is -0.379 e. The van der Waals surface area contributed by atoms with Crippen LogP contribution in [-0.4, -0.2) is 72.8 Å². The average molecular weight is 384 g/mol. The molecule has 1 aromatic rings. The molecule has 3 rings (SSSR count). The van der Waals surface area contributed by atoms with Crippen molar-refractivity contribution >= 4 is 29.1 Å². The fourth-order valence-corrected chi connectivity index (χ4v) is 5.73. The third-order valence-electron chi connectivity index (χ3n) is 5.05. The Morgan fingerprint density at radius 2 is 2.12 bits per heavy atom. The van der Waals surface area contributed by atoms with E-state index in [1.54, 1.807) is 11.3 Å². The molecule has 0 saturated carbocycles. The topological polar surface area (TPSA) is 61.8 Å². The van der Waals surface area contributed by atoms with Crippen molar-refractivity contribution < 1.29 is 4.74 Å². The number of thiazole rings is 1. The summed E-state index contributed by atoms with van der Waals surface area (Å²) in [4.78, 5) is 12.9. The summed E-state index contributed by atoms with van der Waals surface area (Å²) in [5.41, 5.74) is 1.35. The van der Waals surface area contributed by atoms with Gasteiger partial charge in [0, 0.05) is 42.9 Å². The van der Waals surface area contributed by atoms with Gasteiger partial charge in [-0.15, -0.1) is 11.3 Å². The molecule has 3 heterocycles. The highest BCUT2D eigenvalue weighted by Gasteiger charge is 2.40. The maximum atomic E-state index is 5.54. The van der Waals surface area contributed by atoms with Crippen molar-refractivity contribution in [1.82, 2.24) is 20.5 Å². The monoisotopic (exact) mass is 383 g/mol. The molecule has 0 aliphatic carbocycles. The quantitative estimate of drug-likeness (QED) is 0.595. The molecule has 1 aromatic heterocycles. The van der Waals surface area contributed by atoms with E-state index in [2.05, 4.69) is 51.1 Å². The first-order valence-electron chi connectivity index (χ1n) is 8.91. The molecule has 1 atom stereocenters. The largest absolute Gasteiger partial charge is 0.379 e. The Balaban J connectivity index is 1.55. The van der Waals surface area contributed by atoms with Gasteiger partial charge in [-0.25, -0.2) is 4.98 Å².